The highest BCUT2D eigenvalue weighted by Crippen LogP contribution is 2.29. The Balaban J connectivity index is 1.91. The van der Waals surface area contributed by atoms with Gasteiger partial charge in [0.25, 0.3) is 0 Å². The molecule has 0 aliphatic heterocycles. The molecule has 0 radical (unpaired) electrons. The zero-order valence-corrected chi connectivity index (χ0v) is 15.2. The van der Waals surface area contributed by atoms with E-state index in [-0.39, 0.29) is 12.2 Å². The smallest absolute Gasteiger partial charge is 0.416 e. The molecular weight excluding hydrogens is 389 g/mol. The monoisotopic (exact) mass is 408 g/mol. The number of alkyl halides is 3. The number of carbonyl (C=O) groups is 3. The quantitative estimate of drug-likeness (QED) is 0.655. The number of primary amides is 1. The summed E-state index contributed by atoms with van der Waals surface area (Å²) >= 11 is 0. The second-order valence-corrected chi connectivity index (χ2v) is 6.25. The van der Waals surface area contributed by atoms with Crippen LogP contribution in [0.2, 0.25) is 0 Å². The highest BCUT2D eigenvalue weighted by atomic mass is 19.4. The highest BCUT2D eigenvalue weighted by molar-refractivity contribution is 5.90. The van der Waals surface area contributed by atoms with Gasteiger partial charge in [0.15, 0.2) is 0 Å². The summed E-state index contributed by atoms with van der Waals surface area (Å²) in [7, 11) is 0. The van der Waals surface area contributed by atoms with Crippen molar-refractivity contribution in [3.8, 4) is 0 Å². The predicted molar refractivity (Wildman–Crippen MR) is 97.1 cm³/mol. The molecule has 2 aromatic rings. The van der Waals surface area contributed by atoms with Crippen molar-refractivity contribution in [1.82, 2.24) is 5.32 Å². The Morgan fingerprint density at radius 2 is 1.66 bits per heavy atom. The van der Waals surface area contributed by atoms with Gasteiger partial charge in [-0.2, -0.15) is 13.2 Å². The minimum atomic E-state index is -4.54. The van der Waals surface area contributed by atoms with E-state index in [9.17, 15) is 27.6 Å². The molecule has 2 aromatic carbocycles. The van der Waals surface area contributed by atoms with E-state index < -0.39 is 48.4 Å². The molecule has 29 heavy (non-hydrogen) atoms. The fourth-order valence-corrected chi connectivity index (χ4v) is 2.47. The molecule has 0 saturated carbocycles. The third-order valence-electron chi connectivity index (χ3n) is 3.91. The van der Waals surface area contributed by atoms with Gasteiger partial charge in [-0.3, -0.25) is 14.4 Å². The average Bonchev–Trinajstić information content (AvgIpc) is 2.66. The first kappa shape index (κ1) is 21.9. The van der Waals surface area contributed by atoms with Crippen molar-refractivity contribution in [3.05, 3.63) is 71.3 Å². The normalized spacial score (nSPS) is 12.1. The molecule has 0 fully saturated rings. The van der Waals surface area contributed by atoms with Crippen LogP contribution in [0.3, 0.4) is 0 Å². The second-order valence-electron chi connectivity index (χ2n) is 6.25. The summed E-state index contributed by atoms with van der Waals surface area (Å²) in [6, 6.07) is 11.7. The Morgan fingerprint density at radius 1 is 1.00 bits per heavy atom. The summed E-state index contributed by atoms with van der Waals surface area (Å²) in [6.45, 7) is -0.0106. The van der Waals surface area contributed by atoms with Crippen LogP contribution < -0.4 is 11.1 Å². The molecule has 0 saturated heterocycles. The first-order valence-electron chi connectivity index (χ1n) is 8.59. The Bertz CT molecular complexity index is 870. The van der Waals surface area contributed by atoms with Gasteiger partial charge >= 0.3 is 12.1 Å². The number of nitrogens with two attached hydrogens (primary N) is 1. The minimum absolute atomic E-state index is 0.0106. The SMILES string of the molecule is NC(=O)[C@@H](CC(=O)OCc1ccccc1)NC(=O)Cc1cccc(C(F)(F)F)c1. The number of rotatable bonds is 8. The zero-order chi connectivity index (χ0) is 21.4. The van der Waals surface area contributed by atoms with Gasteiger partial charge in [-0.25, -0.2) is 0 Å². The molecule has 9 heteroatoms. The van der Waals surface area contributed by atoms with E-state index in [1.807, 2.05) is 0 Å². The fourth-order valence-electron chi connectivity index (χ4n) is 2.47. The van der Waals surface area contributed by atoms with E-state index in [1.54, 1.807) is 30.3 Å². The molecule has 0 aliphatic carbocycles. The summed E-state index contributed by atoms with van der Waals surface area (Å²) < 4.78 is 43.3. The number of ether oxygens (including phenoxy) is 1. The maximum Gasteiger partial charge on any atom is 0.416 e. The van der Waals surface area contributed by atoms with E-state index in [0.717, 1.165) is 17.7 Å². The van der Waals surface area contributed by atoms with Crippen LogP contribution in [0.15, 0.2) is 54.6 Å². The summed E-state index contributed by atoms with van der Waals surface area (Å²) in [5.41, 5.74) is 5.16. The molecule has 0 aromatic heterocycles. The number of nitrogens with one attached hydrogen (secondary N) is 1. The van der Waals surface area contributed by atoms with Crippen molar-refractivity contribution in [2.24, 2.45) is 5.73 Å². The maximum atomic E-state index is 12.7. The molecule has 2 amide bonds. The lowest BCUT2D eigenvalue weighted by Crippen LogP contribution is -2.46. The number of esters is 1. The highest BCUT2D eigenvalue weighted by Gasteiger charge is 2.30. The van der Waals surface area contributed by atoms with Gasteiger partial charge in [-0.05, 0) is 17.2 Å². The molecule has 0 unspecified atom stereocenters. The van der Waals surface area contributed by atoms with Gasteiger partial charge in [-0.1, -0.05) is 48.5 Å². The Labute approximate surface area is 164 Å². The van der Waals surface area contributed by atoms with Gasteiger partial charge in [0.05, 0.1) is 18.4 Å². The largest absolute Gasteiger partial charge is 0.461 e. The van der Waals surface area contributed by atoms with E-state index in [1.165, 1.54) is 12.1 Å². The molecule has 3 N–H and O–H groups in total. The topological polar surface area (TPSA) is 98.5 Å². The van der Waals surface area contributed by atoms with Crippen molar-refractivity contribution >= 4 is 17.8 Å². The van der Waals surface area contributed by atoms with E-state index in [0.29, 0.717) is 0 Å². The van der Waals surface area contributed by atoms with Crippen LogP contribution in [0.5, 0.6) is 0 Å². The Morgan fingerprint density at radius 3 is 2.28 bits per heavy atom. The first-order chi connectivity index (χ1) is 13.6. The fraction of sp³-hybridized carbons (Fsp3) is 0.250. The van der Waals surface area contributed by atoms with E-state index >= 15 is 0 Å². The van der Waals surface area contributed by atoms with Crippen molar-refractivity contribution in [1.29, 1.82) is 0 Å². The minimum Gasteiger partial charge on any atom is -0.461 e. The molecule has 6 nitrogen and oxygen atoms in total. The van der Waals surface area contributed by atoms with Crippen LogP contribution >= 0.6 is 0 Å². The molecule has 0 bridgehead atoms. The van der Waals surface area contributed by atoms with Crippen LogP contribution in [0, 0.1) is 0 Å². The number of amides is 2. The standard InChI is InChI=1S/C20H19F3N2O4/c21-20(22,23)15-8-4-7-14(9-15)10-17(26)25-16(19(24)28)11-18(27)29-12-13-5-2-1-3-6-13/h1-9,16H,10-12H2,(H2,24,28)(H,25,26)/t16-/m1/s1. The first-order valence-corrected chi connectivity index (χ1v) is 8.59. The number of hydrogen-bond acceptors (Lipinski definition) is 4. The van der Waals surface area contributed by atoms with Crippen molar-refractivity contribution in [2.75, 3.05) is 0 Å². The van der Waals surface area contributed by atoms with Crippen LogP contribution in [-0.2, 0) is 38.3 Å². The third kappa shape index (κ3) is 7.28. The van der Waals surface area contributed by atoms with Crippen molar-refractivity contribution in [2.45, 2.75) is 31.7 Å². The van der Waals surface area contributed by atoms with Gasteiger partial charge < -0.3 is 15.8 Å². The van der Waals surface area contributed by atoms with Crippen molar-refractivity contribution in [3.63, 3.8) is 0 Å². The lowest BCUT2D eigenvalue weighted by atomic mass is 10.1. The lowest BCUT2D eigenvalue weighted by Gasteiger charge is -2.15. The van der Waals surface area contributed by atoms with Crippen LogP contribution in [0.25, 0.3) is 0 Å². The predicted octanol–water partition coefficient (Wildman–Crippen LogP) is 2.35. The van der Waals surface area contributed by atoms with Gasteiger partial charge in [0.1, 0.15) is 12.6 Å². The number of halogens is 3. The van der Waals surface area contributed by atoms with Crippen LogP contribution in [0.1, 0.15) is 23.1 Å². The summed E-state index contributed by atoms with van der Waals surface area (Å²) in [5.74, 6) is -2.46. The molecule has 1 atom stereocenters. The Kier molecular flexibility index (Phi) is 7.35. The molecule has 154 valence electrons. The number of benzene rings is 2. The second kappa shape index (κ2) is 9.72. The Hall–Kier alpha value is -3.36. The van der Waals surface area contributed by atoms with Crippen LogP contribution in [-0.4, -0.2) is 23.8 Å². The summed E-state index contributed by atoms with van der Waals surface area (Å²) in [4.78, 5) is 35.6. The molecule has 2 rings (SSSR count). The van der Waals surface area contributed by atoms with Crippen molar-refractivity contribution < 1.29 is 32.3 Å². The average molecular weight is 408 g/mol. The van der Waals surface area contributed by atoms with Gasteiger partial charge in [-0.15, -0.1) is 0 Å². The van der Waals surface area contributed by atoms with Gasteiger partial charge in [0, 0.05) is 0 Å². The third-order valence-corrected chi connectivity index (χ3v) is 3.91. The zero-order valence-electron chi connectivity index (χ0n) is 15.2. The van der Waals surface area contributed by atoms with Crippen LogP contribution in [0.4, 0.5) is 13.2 Å². The molecule has 0 heterocycles. The van der Waals surface area contributed by atoms with Gasteiger partial charge in [0.2, 0.25) is 11.8 Å². The van der Waals surface area contributed by atoms with E-state index in [4.69, 9.17) is 10.5 Å². The number of hydrogen-bond donors (Lipinski definition) is 2. The summed E-state index contributed by atoms with van der Waals surface area (Å²) in [6.07, 6.45) is -5.44. The maximum absolute atomic E-state index is 12.7. The lowest BCUT2D eigenvalue weighted by molar-refractivity contribution is -0.147. The molecule has 0 aliphatic rings. The summed E-state index contributed by atoms with van der Waals surface area (Å²) in [5, 5.41) is 2.26. The van der Waals surface area contributed by atoms with E-state index in [2.05, 4.69) is 5.32 Å². The molecular formula is C20H19F3N2O4. The molecule has 0 spiro atoms. The number of carbonyl (C=O) groups excluding carboxylic acids is 3.